The summed E-state index contributed by atoms with van der Waals surface area (Å²) in [5.41, 5.74) is 9.89. The van der Waals surface area contributed by atoms with E-state index in [-0.39, 0.29) is 0 Å². The molecule has 4 nitrogen and oxygen atoms in total. The molecule has 0 aliphatic carbocycles. The van der Waals surface area contributed by atoms with Gasteiger partial charge in [0.05, 0.1) is 0 Å². The molecular weight excluding hydrogens is 125 g/mol. The predicted octanol–water partition coefficient (Wildman–Crippen LogP) is 0.0115. The molecule has 0 spiro atoms. The zero-order valence-corrected chi connectivity index (χ0v) is 5.82. The number of rotatable bonds is 3. The molecule has 0 aromatic heterocycles. The van der Waals surface area contributed by atoms with Crippen LogP contribution in [0.5, 0.6) is 0 Å². The van der Waals surface area contributed by atoms with E-state index in [2.05, 4.69) is 5.09 Å². The normalized spacial score (nSPS) is 11.9. The van der Waals surface area contributed by atoms with Gasteiger partial charge in [0.15, 0.2) is 0 Å². The van der Waals surface area contributed by atoms with E-state index in [1.807, 2.05) is 6.92 Å². The van der Waals surface area contributed by atoms with Crippen molar-refractivity contribution in [1.29, 1.82) is 0 Å². The van der Waals surface area contributed by atoms with Gasteiger partial charge in [-0.05, 0) is 6.42 Å². The van der Waals surface area contributed by atoms with E-state index in [4.69, 9.17) is 11.0 Å². The molecule has 0 aromatic rings. The van der Waals surface area contributed by atoms with Gasteiger partial charge < -0.3 is 0 Å². The molecular formula is C3H12N3OP. The summed E-state index contributed by atoms with van der Waals surface area (Å²) >= 11 is 0. The van der Waals surface area contributed by atoms with Crippen LogP contribution in [0, 0.1) is 0 Å². The first-order valence-corrected chi connectivity index (χ1v) is 4.33. The maximum atomic E-state index is 10.4. The van der Waals surface area contributed by atoms with Crippen molar-refractivity contribution >= 4 is 7.59 Å². The van der Waals surface area contributed by atoms with Gasteiger partial charge in [0, 0.05) is 6.54 Å². The Labute approximate surface area is 49.2 Å². The van der Waals surface area contributed by atoms with Gasteiger partial charge in [-0.2, -0.15) is 0 Å². The van der Waals surface area contributed by atoms with Crippen molar-refractivity contribution in [2.24, 2.45) is 11.0 Å². The Balaban J connectivity index is 3.26. The molecule has 0 saturated carbocycles. The van der Waals surface area contributed by atoms with Gasteiger partial charge in [0.25, 0.3) is 7.59 Å². The molecule has 8 heavy (non-hydrogen) atoms. The van der Waals surface area contributed by atoms with Gasteiger partial charge in [0.1, 0.15) is 0 Å². The highest BCUT2D eigenvalue weighted by molar-refractivity contribution is 7.56. The molecule has 0 bridgehead atoms. The van der Waals surface area contributed by atoms with Crippen molar-refractivity contribution < 1.29 is 4.57 Å². The van der Waals surface area contributed by atoms with Crippen LogP contribution in [0.1, 0.15) is 13.3 Å². The lowest BCUT2D eigenvalue weighted by atomic mass is 10.5. The van der Waals surface area contributed by atoms with Crippen LogP contribution in [0.2, 0.25) is 0 Å². The summed E-state index contributed by atoms with van der Waals surface area (Å²) in [6, 6.07) is 0. The van der Waals surface area contributed by atoms with E-state index < -0.39 is 7.59 Å². The third-order valence-electron chi connectivity index (χ3n) is 0.609. The molecule has 5 heteroatoms. The van der Waals surface area contributed by atoms with E-state index >= 15 is 0 Å². The number of hydrogen-bond donors (Lipinski definition) is 3. The van der Waals surface area contributed by atoms with Crippen molar-refractivity contribution in [2.45, 2.75) is 13.3 Å². The molecule has 0 heterocycles. The van der Waals surface area contributed by atoms with Crippen LogP contribution in [0.15, 0.2) is 0 Å². The molecule has 0 unspecified atom stereocenters. The second-order valence-electron chi connectivity index (χ2n) is 1.62. The minimum Gasteiger partial charge on any atom is -0.271 e. The van der Waals surface area contributed by atoms with Crippen LogP contribution >= 0.6 is 7.59 Å². The average molecular weight is 137 g/mol. The highest BCUT2D eigenvalue weighted by atomic mass is 31.2. The second kappa shape index (κ2) is 3.20. The lowest BCUT2D eigenvalue weighted by Gasteiger charge is -2.05. The molecule has 0 aliphatic rings. The topological polar surface area (TPSA) is 81.1 Å². The highest BCUT2D eigenvalue weighted by Gasteiger charge is 2.02. The van der Waals surface area contributed by atoms with Crippen molar-refractivity contribution in [3.63, 3.8) is 0 Å². The second-order valence-corrected chi connectivity index (χ2v) is 3.35. The molecule has 0 saturated heterocycles. The Morgan fingerprint density at radius 3 is 2.25 bits per heavy atom. The minimum absolute atomic E-state index is 0.615. The predicted molar refractivity (Wildman–Crippen MR) is 34.3 cm³/mol. The average Bonchev–Trinajstić information content (AvgIpc) is 1.59. The smallest absolute Gasteiger partial charge is 0.271 e. The van der Waals surface area contributed by atoms with E-state index in [0.717, 1.165) is 6.42 Å². The first-order valence-electron chi connectivity index (χ1n) is 2.48. The van der Waals surface area contributed by atoms with Gasteiger partial charge >= 0.3 is 0 Å². The van der Waals surface area contributed by atoms with Crippen molar-refractivity contribution in [2.75, 3.05) is 6.54 Å². The zero-order valence-electron chi connectivity index (χ0n) is 4.92. The Morgan fingerprint density at radius 2 is 2.12 bits per heavy atom. The van der Waals surface area contributed by atoms with E-state index in [0.29, 0.717) is 6.54 Å². The minimum atomic E-state index is -2.93. The molecule has 0 atom stereocenters. The van der Waals surface area contributed by atoms with Crippen LogP contribution < -0.4 is 16.1 Å². The Hall–Kier alpha value is 0.110. The van der Waals surface area contributed by atoms with Crippen LogP contribution in [-0.4, -0.2) is 6.54 Å². The summed E-state index contributed by atoms with van der Waals surface area (Å²) in [6.07, 6.45) is 0.887. The number of nitrogens with one attached hydrogen (secondary N) is 1. The van der Waals surface area contributed by atoms with Gasteiger partial charge in [-0.1, -0.05) is 6.92 Å². The SMILES string of the molecule is CCCNP(N)(N)=O. The van der Waals surface area contributed by atoms with Gasteiger partial charge in [0.2, 0.25) is 0 Å². The summed E-state index contributed by atoms with van der Waals surface area (Å²) in [4.78, 5) is 0. The van der Waals surface area contributed by atoms with E-state index in [1.165, 1.54) is 0 Å². The lowest BCUT2D eigenvalue weighted by molar-refractivity contribution is 0.565. The summed E-state index contributed by atoms with van der Waals surface area (Å²) in [5.74, 6) is 0. The molecule has 0 aromatic carbocycles. The lowest BCUT2D eigenvalue weighted by Crippen LogP contribution is -2.22. The number of hydrogen-bond acceptors (Lipinski definition) is 1. The van der Waals surface area contributed by atoms with E-state index in [9.17, 15) is 4.57 Å². The molecule has 0 aliphatic heterocycles. The summed E-state index contributed by atoms with van der Waals surface area (Å²) in [7, 11) is -2.93. The first-order chi connectivity index (χ1) is 3.56. The van der Waals surface area contributed by atoms with Gasteiger partial charge in [-0.15, -0.1) is 0 Å². The monoisotopic (exact) mass is 137 g/mol. The molecule has 0 fully saturated rings. The maximum Gasteiger partial charge on any atom is 0.273 e. The molecule has 5 N–H and O–H groups in total. The van der Waals surface area contributed by atoms with Crippen LogP contribution in [0.25, 0.3) is 0 Å². The van der Waals surface area contributed by atoms with Crippen molar-refractivity contribution in [3.8, 4) is 0 Å². The first kappa shape index (κ1) is 8.11. The Kier molecular flexibility index (Phi) is 3.24. The third-order valence-corrected chi connectivity index (χ3v) is 1.33. The quantitative estimate of drug-likeness (QED) is 0.478. The highest BCUT2D eigenvalue weighted by Crippen LogP contribution is 2.15. The molecule has 0 radical (unpaired) electrons. The summed E-state index contributed by atoms with van der Waals surface area (Å²) < 4.78 is 10.4. The molecule has 0 rings (SSSR count). The summed E-state index contributed by atoms with van der Waals surface area (Å²) in [5, 5.41) is 2.48. The zero-order chi connectivity index (χ0) is 6.62. The van der Waals surface area contributed by atoms with Gasteiger partial charge in [-0.3, -0.25) is 15.6 Å². The van der Waals surface area contributed by atoms with E-state index in [1.54, 1.807) is 0 Å². The van der Waals surface area contributed by atoms with Crippen LogP contribution in [0.3, 0.4) is 0 Å². The van der Waals surface area contributed by atoms with Crippen molar-refractivity contribution in [1.82, 2.24) is 5.09 Å². The standard InChI is InChI=1S/C3H12N3OP/c1-2-3-6-8(4,5)7/h2-3H2,1H3,(H5,4,5,6,7). The maximum absolute atomic E-state index is 10.4. The summed E-state index contributed by atoms with van der Waals surface area (Å²) in [6.45, 7) is 2.56. The van der Waals surface area contributed by atoms with Crippen LogP contribution in [0.4, 0.5) is 0 Å². The fraction of sp³-hybridized carbons (Fsp3) is 1.00. The largest absolute Gasteiger partial charge is 0.273 e. The Bertz CT molecular complexity index is 98.7. The third kappa shape index (κ3) is 6.11. The number of nitrogens with two attached hydrogens (primary N) is 2. The van der Waals surface area contributed by atoms with Crippen LogP contribution in [-0.2, 0) is 4.57 Å². The van der Waals surface area contributed by atoms with Gasteiger partial charge in [-0.25, -0.2) is 5.09 Å². The fourth-order valence-corrected chi connectivity index (χ4v) is 0.860. The fourth-order valence-electron chi connectivity index (χ4n) is 0.287. The Morgan fingerprint density at radius 1 is 1.62 bits per heavy atom. The van der Waals surface area contributed by atoms with Crippen molar-refractivity contribution in [3.05, 3.63) is 0 Å². The molecule has 0 amide bonds. The molecule has 50 valence electrons.